The Labute approximate surface area is 107 Å². The van der Waals surface area contributed by atoms with Gasteiger partial charge in [-0.1, -0.05) is 0 Å². The summed E-state index contributed by atoms with van der Waals surface area (Å²) in [6.45, 7) is 0. The Morgan fingerprint density at radius 2 is 2.25 bits per heavy atom. The second kappa shape index (κ2) is 4.95. The maximum absolute atomic E-state index is 6.12. The summed E-state index contributed by atoms with van der Waals surface area (Å²) in [7, 11) is 0. The lowest BCUT2D eigenvalue weighted by Gasteiger charge is -2.09. The number of aromatic nitrogens is 1. The lowest BCUT2D eigenvalue weighted by molar-refractivity contribution is 0.736. The van der Waals surface area contributed by atoms with E-state index in [-0.39, 0.29) is 6.04 Å². The van der Waals surface area contributed by atoms with Crippen LogP contribution in [0.1, 0.15) is 16.5 Å². The van der Waals surface area contributed by atoms with Gasteiger partial charge < -0.3 is 11.5 Å². The van der Waals surface area contributed by atoms with Crippen LogP contribution in [-0.2, 0) is 6.42 Å². The average molecular weight is 298 g/mol. The number of anilines is 1. The molecule has 0 spiro atoms. The second-order valence-electron chi connectivity index (χ2n) is 3.57. The van der Waals surface area contributed by atoms with Crippen LogP contribution in [0, 0.1) is 0 Å². The third kappa shape index (κ3) is 2.81. The molecular formula is C11H12BrN3S. The highest BCUT2D eigenvalue weighted by molar-refractivity contribution is 9.10. The van der Waals surface area contributed by atoms with Crippen LogP contribution >= 0.6 is 27.3 Å². The Morgan fingerprint density at radius 1 is 1.44 bits per heavy atom. The van der Waals surface area contributed by atoms with E-state index in [1.165, 1.54) is 4.88 Å². The van der Waals surface area contributed by atoms with Crippen molar-refractivity contribution in [3.8, 4) is 0 Å². The molecule has 5 heteroatoms. The summed E-state index contributed by atoms with van der Waals surface area (Å²) in [5, 5.41) is 2.04. The van der Waals surface area contributed by atoms with E-state index in [4.69, 9.17) is 11.5 Å². The van der Waals surface area contributed by atoms with Crippen LogP contribution < -0.4 is 11.5 Å². The van der Waals surface area contributed by atoms with Crippen LogP contribution in [0.2, 0.25) is 0 Å². The molecule has 2 aromatic rings. The third-order valence-corrected chi connectivity index (χ3v) is 4.08. The van der Waals surface area contributed by atoms with Crippen molar-refractivity contribution >= 4 is 33.1 Å². The van der Waals surface area contributed by atoms with Crippen molar-refractivity contribution in [1.82, 2.24) is 4.98 Å². The van der Waals surface area contributed by atoms with Crippen molar-refractivity contribution in [2.75, 3.05) is 5.73 Å². The van der Waals surface area contributed by atoms with E-state index in [0.717, 1.165) is 16.5 Å². The minimum Gasteiger partial charge on any atom is -0.384 e. The first-order chi connectivity index (χ1) is 7.65. The molecule has 4 N–H and O–H groups in total. The van der Waals surface area contributed by atoms with Crippen LogP contribution in [0.4, 0.5) is 5.82 Å². The van der Waals surface area contributed by atoms with Crippen LogP contribution in [0.3, 0.4) is 0 Å². The number of nitrogens with zero attached hydrogens (tertiary/aromatic N) is 1. The van der Waals surface area contributed by atoms with Gasteiger partial charge in [-0.2, -0.15) is 0 Å². The van der Waals surface area contributed by atoms with E-state index in [1.54, 1.807) is 17.5 Å². The largest absolute Gasteiger partial charge is 0.384 e. The number of hydrogen-bond acceptors (Lipinski definition) is 4. The van der Waals surface area contributed by atoms with Crippen LogP contribution in [-0.4, -0.2) is 4.98 Å². The van der Waals surface area contributed by atoms with E-state index < -0.39 is 0 Å². The molecular weight excluding hydrogens is 286 g/mol. The summed E-state index contributed by atoms with van der Waals surface area (Å²) in [6, 6.07) is 5.87. The van der Waals surface area contributed by atoms with Gasteiger partial charge in [-0.05, 0) is 46.1 Å². The van der Waals surface area contributed by atoms with Gasteiger partial charge in [0.05, 0.1) is 0 Å². The molecule has 2 rings (SSSR count). The Balaban J connectivity index is 2.10. The fourth-order valence-corrected chi connectivity index (χ4v) is 2.95. The Bertz CT molecular complexity index is 484. The van der Waals surface area contributed by atoms with Crippen LogP contribution in [0.25, 0.3) is 0 Å². The predicted molar refractivity (Wildman–Crippen MR) is 71.3 cm³/mol. The van der Waals surface area contributed by atoms with E-state index in [1.807, 2.05) is 17.5 Å². The highest BCUT2D eigenvalue weighted by atomic mass is 79.9. The molecule has 0 amide bonds. The van der Waals surface area contributed by atoms with E-state index >= 15 is 0 Å². The number of thiophene rings is 1. The van der Waals surface area contributed by atoms with Crippen LogP contribution in [0.5, 0.6) is 0 Å². The maximum Gasteiger partial charge on any atom is 0.123 e. The van der Waals surface area contributed by atoms with E-state index in [0.29, 0.717) is 5.82 Å². The van der Waals surface area contributed by atoms with Gasteiger partial charge in [0.15, 0.2) is 0 Å². The first kappa shape index (κ1) is 11.6. The third-order valence-electron chi connectivity index (χ3n) is 2.25. The number of pyridine rings is 1. The molecule has 0 saturated heterocycles. The number of nitrogens with two attached hydrogens (primary N) is 2. The molecule has 0 aliphatic heterocycles. The van der Waals surface area contributed by atoms with E-state index in [2.05, 4.69) is 27.0 Å². The summed E-state index contributed by atoms with van der Waals surface area (Å²) >= 11 is 5.08. The van der Waals surface area contributed by atoms with Crippen molar-refractivity contribution in [3.05, 3.63) is 44.7 Å². The first-order valence-electron chi connectivity index (χ1n) is 4.85. The monoisotopic (exact) mass is 297 g/mol. The summed E-state index contributed by atoms with van der Waals surface area (Å²) in [4.78, 5) is 5.12. The average Bonchev–Trinajstić information content (AvgIpc) is 2.65. The summed E-state index contributed by atoms with van der Waals surface area (Å²) in [6.07, 6.45) is 2.49. The van der Waals surface area contributed by atoms with Gasteiger partial charge in [0.2, 0.25) is 0 Å². The van der Waals surface area contributed by atoms with Crippen molar-refractivity contribution in [1.29, 1.82) is 0 Å². The van der Waals surface area contributed by atoms with E-state index in [9.17, 15) is 0 Å². The fraction of sp³-hybridized carbons (Fsp3) is 0.182. The summed E-state index contributed by atoms with van der Waals surface area (Å²) in [5.41, 5.74) is 12.9. The van der Waals surface area contributed by atoms with Gasteiger partial charge in [0, 0.05) is 27.0 Å². The number of rotatable bonds is 3. The Kier molecular flexibility index (Phi) is 3.58. The Morgan fingerprint density at radius 3 is 2.88 bits per heavy atom. The Hall–Kier alpha value is -0.910. The molecule has 0 aliphatic rings. The number of nitrogen functional groups attached to an aromatic ring is 1. The zero-order valence-electron chi connectivity index (χ0n) is 8.56. The van der Waals surface area contributed by atoms with Gasteiger partial charge in [0.25, 0.3) is 0 Å². The van der Waals surface area contributed by atoms with Gasteiger partial charge >= 0.3 is 0 Å². The smallest absolute Gasteiger partial charge is 0.123 e. The molecule has 0 aromatic carbocycles. The minimum absolute atomic E-state index is 0.0121. The van der Waals surface area contributed by atoms with Crippen molar-refractivity contribution < 1.29 is 0 Å². The molecule has 1 unspecified atom stereocenters. The highest BCUT2D eigenvalue weighted by Gasteiger charge is 2.09. The molecule has 0 saturated carbocycles. The maximum atomic E-state index is 6.12. The molecule has 0 fully saturated rings. The van der Waals surface area contributed by atoms with Crippen molar-refractivity contribution in [2.24, 2.45) is 5.73 Å². The lowest BCUT2D eigenvalue weighted by Crippen LogP contribution is -2.12. The van der Waals surface area contributed by atoms with Gasteiger partial charge in [0.1, 0.15) is 5.82 Å². The molecule has 84 valence electrons. The zero-order valence-corrected chi connectivity index (χ0v) is 11.0. The molecule has 16 heavy (non-hydrogen) atoms. The summed E-state index contributed by atoms with van der Waals surface area (Å²) < 4.78 is 1.08. The van der Waals surface area contributed by atoms with Crippen molar-refractivity contribution in [2.45, 2.75) is 12.5 Å². The summed E-state index contributed by atoms with van der Waals surface area (Å²) in [5.74, 6) is 0.539. The van der Waals surface area contributed by atoms with Gasteiger partial charge in [-0.25, -0.2) is 4.98 Å². The van der Waals surface area contributed by atoms with Gasteiger partial charge in [-0.3, -0.25) is 0 Å². The van der Waals surface area contributed by atoms with Crippen LogP contribution in [0.15, 0.2) is 34.2 Å². The normalized spacial score (nSPS) is 12.6. The SMILES string of the molecule is Nc1cc(CC(N)c2cc(Br)cs2)ccn1. The zero-order chi connectivity index (χ0) is 11.5. The molecule has 1 atom stereocenters. The predicted octanol–water partition coefficient (Wildman–Crippen LogP) is 2.73. The molecule has 2 heterocycles. The topological polar surface area (TPSA) is 64.9 Å². The van der Waals surface area contributed by atoms with Crippen molar-refractivity contribution in [3.63, 3.8) is 0 Å². The molecule has 2 aromatic heterocycles. The fourth-order valence-electron chi connectivity index (χ4n) is 1.50. The standard InChI is InChI=1S/C11H12BrN3S/c12-8-5-10(16-6-8)9(13)3-7-1-2-15-11(14)4-7/h1-2,4-6,9H,3,13H2,(H2,14,15). The number of hydrogen-bond donors (Lipinski definition) is 2. The first-order valence-corrected chi connectivity index (χ1v) is 6.52. The molecule has 0 radical (unpaired) electrons. The quantitative estimate of drug-likeness (QED) is 0.915. The molecule has 0 aliphatic carbocycles. The lowest BCUT2D eigenvalue weighted by atomic mass is 10.1. The second-order valence-corrected chi connectivity index (χ2v) is 5.43. The molecule has 3 nitrogen and oxygen atoms in total. The number of halogens is 1. The van der Waals surface area contributed by atoms with Gasteiger partial charge in [-0.15, -0.1) is 11.3 Å². The molecule has 0 bridgehead atoms. The highest BCUT2D eigenvalue weighted by Crippen LogP contribution is 2.26. The minimum atomic E-state index is 0.0121.